The van der Waals surface area contributed by atoms with E-state index in [0.29, 0.717) is 35.7 Å². The molecule has 10 heteroatoms. The van der Waals surface area contributed by atoms with Gasteiger partial charge in [0.1, 0.15) is 6.04 Å². The normalized spacial score (nSPS) is 21.4. The predicted octanol–water partition coefficient (Wildman–Crippen LogP) is 0.820. The van der Waals surface area contributed by atoms with Crippen molar-refractivity contribution in [3.8, 4) is 11.5 Å². The Bertz CT molecular complexity index is 1040. The number of sulfonamides is 1. The molecule has 1 fully saturated rings. The van der Waals surface area contributed by atoms with Crippen molar-refractivity contribution in [2.45, 2.75) is 18.9 Å². The van der Waals surface area contributed by atoms with Crippen LogP contribution in [0.3, 0.4) is 0 Å². The zero-order chi connectivity index (χ0) is 17.8. The number of amides is 1. The maximum atomic E-state index is 12.6. The van der Waals surface area contributed by atoms with Crippen LogP contribution >= 0.6 is 11.3 Å². The van der Waals surface area contributed by atoms with Crippen LogP contribution in [0.15, 0.2) is 17.1 Å². The number of nitrogens with zero attached hydrogens (tertiary/aromatic N) is 3. The first-order chi connectivity index (χ1) is 11.8. The van der Waals surface area contributed by atoms with Gasteiger partial charge < -0.3 is 14.0 Å². The fourth-order valence-corrected chi connectivity index (χ4v) is 5.33. The van der Waals surface area contributed by atoms with Gasteiger partial charge in [0.05, 0.1) is 16.5 Å². The monoisotopic (exact) mass is 383 g/mol. The van der Waals surface area contributed by atoms with Crippen LogP contribution in [0.25, 0.3) is 10.2 Å². The quantitative estimate of drug-likeness (QED) is 0.766. The van der Waals surface area contributed by atoms with E-state index in [2.05, 4.69) is 4.99 Å². The third-order valence-corrected chi connectivity index (χ3v) is 6.81. The molecule has 2 aliphatic rings. The van der Waals surface area contributed by atoms with Crippen molar-refractivity contribution >= 4 is 37.5 Å². The molecule has 1 saturated heterocycles. The highest BCUT2D eigenvalue weighted by Crippen LogP contribution is 2.36. The fraction of sp³-hybridized carbons (Fsp3) is 0.467. The number of benzene rings is 1. The molecule has 1 amide bonds. The highest BCUT2D eigenvalue weighted by molar-refractivity contribution is 7.88. The van der Waals surface area contributed by atoms with E-state index in [0.717, 1.165) is 16.5 Å². The second kappa shape index (κ2) is 5.82. The lowest BCUT2D eigenvalue weighted by atomic mass is 10.2. The molecule has 0 bridgehead atoms. The smallest absolute Gasteiger partial charge is 0.266 e. The number of carbonyl (C=O) groups is 1. The average molecular weight is 383 g/mol. The van der Waals surface area contributed by atoms with Crippen LogP contribution in [0.1, 0.15) is 12.8 Å². The number of aryl methyl sites for hydroxylation is 1. The highest BCUT2D eigenvalue weighted by atomic mass is 32.2. The summed E-state index contributed by atoms with van der Waals surface area (Å²) in [6, 6.07) is 3.01. The first kappa shape index (κ1) is 16.6. The summed E-state index contributed by atoms with van der Waals surface area (Å²) in [6.07, 6.45) is 2.29. The molecule has 1 atom stereocenters. The van der Waals surface area contributed by atoms with E-state index in [-0.39, 0.29) is 6.79 Å². The maximum absolute atomic E-state index is 12.6. The van der Waals surface area contributed by atoms with Crippen molar-refractivity contribution in [3.63, 3.8) is 0 Å². The Labute approximate surface area is 148 Å². The van der Waals surface area contributed by atoms with Crippen molar-refractivity contribution in [2.75, 3.05) is 19.6 Å². The molecule has 4 rings (SSSR count). The Morgan fingerprint density at radius 2 is 2.04 bits per heavy atom. The molecule has 0 N–H and O–H groups in total. The molecular weight excluding hydrogens is 366 g/mol. The van der Waals surface area contributed by atoms with Gasteiger partial charge in [0.15, 0.2) is 16.3 Å². The van der Waals surface area contributed by atoms with Gasteiger partial charge in [-0.25, -0.2) is 8.42 Å². The van der Waals surface area contributed by atoms with Crippen LogP contribution in [0.2, 0.25) is 0 Å². The Balaban J connectivity index is 1.74. The van der Waals surface area contributed by atoms with E-state index in [1.165, 1.54) is 15.6 Å². The Morgan fingerprint density at radius 3 is 2.76 bits per heavy atom. The number of ether oxygens (including phenoxy) is 2. The van der Waals surface area contributed by atoms with Crippen LogP contribution in [-0.2, 0) is 21.9 Å². The van der Waals surface area contributed by atoms with E-state index in [1.54, 1.807) is 4.57 Å². The predicted molar refractivity (Wildman–Crippen MR) is 92.1 cm³/mol. The molecular formula is C15H17N3O5S2. The summed E-state index contributed by atoms with van der Waals surface area (Å²) in [4.78, 5) is 17.3. The van der Waals surface area contributed by atoms with Gasteiger partial charge in [-0.1, -0.05) is 11.3 Å². The number of aromatic nitrogens is 1. The highest BCUT2D eigenvalue weighted by Gasteiger charge is 2.36. The molecule has 0 spiro atoms. The fourth-order valence-electron chi connectivity index (χ4n) is 3.18. The molecule has 25 heavy (non-hydrogen) atoms. The minimum absolute atomic E-state index is 0.203. The lowest BCUT2D eigenvalue weighted by Crippen LogP contribution is -2.39. The Morgan fingerprint density at radius 1 is 1.32 bits per heavy atom. The van der Waals surface area contributed by atoms with Gasteiger partial charge in [-0.2, -0.15) is 9.30 Å². The van der Waals surface area contributed by atoms with Crippen molar-refractivity contribution < 1.29 is 22.7 Å². The number of carbonyl (C=O) groups excluding carboxylic acids is 1. The van der Waals surface area contributed by atoms with Gasteiger partial charge >= 0.3 is 0 Å². The van der Waals surface area contributed by atoms with Crippen molar-refractivity contribution in [1.82, 2.24) is 8.87 Å². The Hall–Kier alpha value is -1.91. The van der Waals surface area contributed by atoms with E-state index < -0.39 is 22.0 Å². The molecule has 0 aliphatic carbocycles. The molecule has 134 valence electrons. The van der Waals surface area contributed by atoms with Gasteiger partial charge in [0.2, 0.25) is 16.8 Å². The largest absolute Gasteiger partial charge is 0.454 e. The van der Waals surface area contributed by atoms with Gasteiger partial charge in [0, 0.05) is 25.7 Å². The van der Waals surface area contributed by atoms with Gasteiger partial charge in [-0.05, 0) is 12.8 Å². The van der Waals surface area contributed by atoms with Crippen LogP contribution in [0.4, 0.5) is 0 Å². The molecule has 1 aromatic heterocycles. The second-order valence-corrected chi connectivity index (χ2v) is 9.04. The van der Waals surface area contributed by atoms with Gasteiger partial charge in [-0.3, -0.25) is 4.79 Å². The average Bonchev–Trinajstić information content (AvgIpc) is 3.25. The number of fused-ring (bicyclic) bond motifs is 2. The minimum atomic E-state index is -3.41. The van der Waals surface area contributed by atoms with Crippen LogP contribution < -0.4 is 14.3 Å². The lowest BCUT2D eigenvalue weighted by molar-refractivity contribution is -0.121. The number of hydrogen-bond acceptors (Lipinski definition) is 6. The Kier molecular flexibility index (Phi) is 3.85. The zero-order valence-electron chi connectivity index (χ0n) is 13.8. The summed E-state index contributed by atoms with van der Waals surface area (Å²) in [5.41, 5.74) is 0.882. The van der Waals surface area contributed by atoms with E-state index in [9.17, 15) is 13.2 Å². The maximum Gasteiger partial charge on any atom is 0.266 e. The molecule has 0 saturated carbocycles. The topological polar surface area (TPSA) is 90.2 Å². The molecule has 8 nitrogen and oxygen atoms in total. The molecule has 0 radical (unpaired) electrons. The molecule has 3 heterocycles. The van der Waals surface area contributed by atoms with E-state index >= 15 is 0 Å². The number of thiazole rings is 1. The summed E-state index contributed by atoms with van der Waals surface area (Å²) in [7, 11) is -1.60. The van der Waals surface area contributed by atoms with E-state index in [4.69, 9.17) is 9.47 Å². The SMILES string of the molecule is Cn1c(=NC(=O)C2CCCN2S(C)(=O)=O)sc2cc3c(cc21)OCO3. The van der Waals surface area contributed by atoms with Crippen molar-refractivity contribution in [3.05, 3.63) is 16.9 Å². The third kappa shape index (κ3) is 2.83. The first-order valence-electron chi connectivity index (χ1n) is 7.79. The van der Waals surface area contributed by atoms with Crippen molar-refractivity contribution in [1.29, 1.82) is 0 Å². The summed E-state index contributed by atoms with van der Waals surface area (Å²) in [6.45, 7) is 0.569. The standard InChI is InChI=1S/C15H17N3O5S2/c1-17-10-6-11-12(23-8-22-11)7-13(10)24-15(17)16-14(19)9-4-3-5-18(9)25(2,20)21/h6-7,9H,3-5,8H2,1-2H3. The molecule has 2 aliphatic heterocycles. The van der Waals surface area contributed by atoms with Crippen LogP contribution in [0.5, 0.6) is 11.5 Å². The number of rotatable bonds is 2. The van der Waals surface area contributed by atoms with Crippen molar-refractivity contribution in [2.24, 2.45) is 12.0 Å². The molecule has 1 unspecified atom stereocenters. The zero-order valence-corrected chi connectivity index (χ0v) is 15.4. The molecule has 1 aromatic carbocycles. The van der Waals surface area contributed by atoms with E-state index in [1.807, 2.05) is 19.2 Å². The third-order valence-electron chi connectivity index (χ3n) is 4.42. The lowest BCUT2D eigenvalue weighted by Gasteiger charge is -2.18. The van der Waals surface area contributed by atoms with Crippen LogP contribution in [-0.4, -0.2) is 48.8 Å². The van der Waals surface area contributed by atoms with Gasteiger partial charge in [0.25, 0.3) is 5.91 Å². The minimum Gasteiger partial charge on any atom is -0.454 e. The summed E-state index contributed by atoms with van der Waals surface area (Å²) >= 11 is 1.36. The van der Waals surface area contributed by atoms with Gasteiger partial charge in [-0.15, -0.1) is 0 Å². The summed E-state index contributed by atoms with van der Waals surface area (Å²) in [5.74, 6) is 0.911. The number of hydrogen-bond donors (Lipinski definition) is 0. The second-order valence-electron chi connectivity index (χ2n) is 6.10. The summed E-state index contributed by atoms with van der Waals surface area (Å²) < 4.78 is 38.4. The molecule has 2 aromatic rings. The first-order valence-corrected chi connectivity index (χ1v) is 10.5. The van der Waals surface area contributed by atoms with Crippen LogP contribution in [0, 0.1) is 0 Å². The summed E-state index contributed by atoms with van der Waals surface area (Å²) in [5, 5.41) is 0.